The Bertz CT molecular complexity index is 1440. The van der Waals surface area contributed by atoms with E-state index in [4.69, 9.17) is 37.9 Å². The molecule has 56 heavy (non-hydrogen) atoms. The standard InChI is InChI=1S/C41H68N2O13/c1-14-32-41(7,48)33(51-12)21-29(44)23(2)22-40(6,52-13)36(56-38-34(45)28(43(8)9)19-24(3)53-38)25(4)35(26(5)37(46)54-32)55-39(47)42-18-17-27-15-16-30(49-10)31(20-27)50-11/h15-16,20,23-26,28,32-36,38,45,48H,14,17-19,21-22H2,1-13H3,(H,42,47)/t23-,24-,25+,26-,28+,32-,33-,34-,35+,36-,38+,40-,41-/m1/s1. The van der Waals surface area contributed by atoms with Crippen LogP contribution in [0.5, 0.6) is 11.5 Å². The average Bonchev–Trinajstić information content (AvgIpc) is 3.16. The van der Waals surface area contributed by atoms with E-state index < -0.39 is 77.8 Å². The van der Waals surface area contributed by atoms with Gasteiger partial charge in [-0.05, 0) is 85.2 Å². The van der Waals surface area contributed by atoms with Crippen molar-refractivity contribution in [2.24, 2.45) is 17.8 Å². The number of hydrogen-bond acceptors (Lipinski definition) is 14. The van der Waals surface area contributed by atoms with Crippen molar-refractivity contribution in [1.82, 2.24) is 10.2 Å². The lowest BCUT2D eigenvalue weighted by Crippen LogP contribution is -2.60. The van der Waals surface area contributed by atoms with Gasteiger partial charge in [0.25, 0.3) is 0 Å². The Kier molecular flexibility index (Phi) is 17.4. The number of Topliss-reactive ketones (excluding diaryl/α,β-unsaturated/α-hetero) is 1. The van der Waals surface area contributed by atoms with Crippen LogP contribution in [-0.4, -0.2) is 142 Å². The molecule has 13 atom stereocenters. The van der Waals surface area contributed by atoms with Crippen LogP contribution < -0.4 is 14.8 Å². The molecule has 2 saturated heterocycles. The summed E-state index contributed by atoms with van der Waals surface area (Å²) in [5.74, 6) is -2.36. The zero-order valence-corrected chi connectivity index (χ0v) is 35.7. The molecule has 1 aromatic carbocycles. The highest BCUT2D eigenvalue weighted by atomic mass is 16.7. The molecule has 0 spiro atoms. The van der Waals surface area contributed by atoms with Gasteiger partial charge >= 0.3 is 12.1 Å². The maximum absolute atomic E-state index is 14.1. The number of hydrogen-bond donors (Lipinski definition) is 3. The molecule has 0 radical (unpaired) electrons. The lowest BCUT2D eigenvalue weighted by molar-refractivity contribution is -0.301. The maximum Gasteiger partial charge on any atom is 0.407 e. The van der Waals surface area contributed by atoms with Crippen LogP contribution >= 0.6 is 0 Å². The number of amides is 1. The lowest BCUT2D eigenvalue weighted by atomic mass is 9.76. The zero-order valence-electron chi connectivity index (χ0n) is 35.7. The fourth-order valence-corrected chi connectivity index (χ4v) is 8.13. The number of carbonyl (C=O) groups is 3. The monoisotopic (exact) mass is 796 g/mol. The molecular formula is C41H68N2O13. The number of nitrogens with zero attached hydrogens (tertiary/aromatic N) is 1. The maximum atomic E-state index is 14.1. The Hall–Kier alpha value is -3.05. The van der Waals surface area contributed by atoms with Crippen LogP contribution in [0.25, 0.3) is 0 Å². The van der Waals surface area contributed by atoms with Gasteiger partial charge in [0.15, 0.2) is 17.8 Å². The quantitative estimate of drug-likeness (QED) is 0.259. The molecule has 2 aliphatic heterocycles. The van der Waals surface area contributed by atoms with Gasteiger partial charge in [-0.25, -0.2) is 4.79 Å². The van der Waals surface area contributed by atoms with Crippen molar-refractivity contribution >= 4 is 17.8 Å². The lowest BCUT2D eigenvalue weighted by Gasteiger charge is -2.48. The third-order valence-electron chi connectivity index (χ3n) is 11.7. The van der Waals surface area contributed by atoms with E-state index in [9.17, 15) is 24.6 Å². The van der Waals surface area contributed by atoms with E-state index in [-0.39, 0.29) is 43.7 Å². The fourth-order valence-electron chi connectivity index (χ4n) is 8.13. The second-order valence-corrected chi connectivity index (χ2v) is 16.1. The van der Waals surface area contributed by atoms with Crippen LogP contribution in [0.15, 0.2) is 18.2 Å². The molecule has 1 amide bonds. The van der Waals surface area contributed by atoms with Gasteiger partial charge in [0.1, 0.15) is 29.7 Å². The zero-order chi connectivity index (χ0) is 42.1. The van der Waals surface area contributed by atoms with Crippen molar-refractivity contribution in [3.63, 3.8) is 0 Å². The Morgan fingerprint density at radius 2 is 1.70 bits per heavy atom. The van der Waals surface area contributed by atoms with E-state index in [1.54, 1.807) is 54.9 Å². The van der Waals surface area contributed by atoms with Gasteiger partial charge in [0.2, 0.25) is 0 Å². The van der Waals surface area contributed by atoms with Gasteiger partial charge in [-0.3, -0.25) is 9.59 Å². The summed E-state index contributed by atoms with van der Waals surface area (Å²) in [5, 5.41) is 26.1. The number of carbonyl (C=O) groups excluding carboxylic acids is 3. The molecule has 320 valence electrons. The first kappa shape index (κ1) is 47.3. The molecule has 3 rings (SSSR count). The van der Waals surface area contributed by atoms with Crippen molar-refractivity contribution in [3.05, 3.63) is 23.8 Å². The summed E-state index contributed by atoms with van der Waals surface area (Å²) >= 11 is 0. The summed E-state index contributed by atoms with van der Waals surface area (Å²) in [7, 11) is 9.73. The number of benzene rings is 1. The molecule has 0 saturated carbocycles. The molecule has 1 aromatic rings. The Labute approximate surface area is 332 Å². The number of likely N-dealkylation sites (N-methyl/N-ethyl adjacent to an activating group) is 1. The van der Waals surface area contributed by atoms with Crippen molar-refractivity contribution in [3.8, 4) is 11.5 Å². The molecule has 0 bridgehead atoms. The van der Waals surface area contributed by atoms with Gasteiger partial charge in [0.05, 0.1) is 44.1 Å². The Morgan fingerprint density at radius 1 is 1.04 bits per heavy atom. The van der Waals surface area contributed by atoms with Crippen LogP contribution in [0.3, 0.4) is 0 Å². The minimum atomic E-state index is -1.74. The number of methoxy groups -OCH3 is 4. The summed E-state index contributed by atoms with van der Waals surface area (Å²) in [5.41, 5.74) is -2.13. The minimum absolute atomic E-state index is 0.131. The normalized spacial score (nSPS) is 36.3. The number of nitrogens with one attached hydrogen (secondary N) is 1. The second-order valence-electron chi connectivity index (χ2n) is 16.1. The predicted octanol–water partition coefficient (Wildman–Crippen LogP) is 3.92. The van der Waals surface area contributed by atoms with E-state index in [2.05, 4.69) is 5.32 Å². The molecule has 15 nitrogen and oxygen atoms in total. The summed E-state index contributed by atoms with van der Waals surface area (Å²) in [6, 6.07) is 5.16. The smallest absolute Gasteiger partial charge is 0.407 e. The van der Waals surface area contributed by atoms with Gasteiger partial charge in [0, 0.05) is 45.1 Å². The van der Waals surface area contributed by atoms with Gasteiger partial charge < -0.3 is 58.3 Å². The topological polar surface area (TPSA) is 181 Å². The number of aliphatic hydroxyl groups is 2. The third-order valence-corrected chi connectivity index (χ3v) is 11.7. The van der Waals surface area contributed by atoms with Crippen LogP contribution in [0, 0.1) is 17.8 Å². The highest BCUT2D eigenvalue weighted by Gasteiger charge is 2.52. The van der Waals surface area contributed by atoms with E-state index in [1.807, 2.05) is 38.1 Å². The molecule has 0 aromatic heterocycles. The third kappa shape index (κ3) is 11.3. The van der Waals surface area contributed by atoms with E-state index in [1.165, 1.54) is 21.1 Å². The molecule has 2 aliphatic rings. The van der Waals surface area contributed by atoms with Crippen LogP contribution in [0.2, 0.25) is 0 Å². The first-order valence-corrected chi connectivity index (χ1v) is 19.6. The number of ketones is 1. The highest BCUT2D eigenvalue weighted by molar-refractivity contribution is 5.81. The molecule has 0 aliphatic carbocycles. The first-order valence-electron chi connectivity index (χ1n) is 19.6. The largest absolute Gasteiger partial charge is 0.493 e. The van der Waals surface area contributed by atoms with Crippen molar-refractivity contribution in [2.75, 3.05) is 49.1 Å². The molecule has 0 unspecified atom stereocenters. The Balaban J connectivity index is 2.09. The Morgan fingerprint density at radius 3 is 2.27 bits per heavy atom. The number of esters is 1. The summed E-state index contributed by atoms with van der Waals surface area (Å²) in [4.78, 5) is 43.6. The van der Waals surface area contributed by atoms with Gasteiger partial charge in [-0.1, -0.05) is 26.8 Å². The number of aliphatic hydroxyl groups excluding tert-OH is 1. The van der Waals surface area contributed by atoms with Crippen molar-refractivity contribution in [1.29, 1.82) is 0 Å². The van der Waals surface area contributed by atoms with E-state index in [0.29, 0.717) is 24.3 Å². The van der Waals surface area contributed by atoms with Crippen LogP contribution in [0.4, 0.5) is 4.79 Å². The number of ether oxygens (including phenoxy) is 8. The molecule has 2 fully saturated rings. The van der Waals surface area contributed by atoms with Crippen molar-refractivity contribution < 1.29 is 62.5 Å². The van der Waals surface area contributed by atoms with E-state index in [0.717, 1.165) is 5.56 Å². The van der Waals surface area contributed by atoms with Crippen LogP contribution in [0.1, 0.15) is 79.7 Å². The SMILES string of the molecule is CC[C@H]1OC(=O)[C@H](C)[C@@H](OC(=O)NCCc2ccc(OC)c(OC)c2)[C@H](C)[C@@H](O[C@@H]2O[C@H](C)C[C@H](N(C)C)[C@H]2O)[C@](C)(OC)C[C@@H](C)C(=O)C[C@@H](OC)[C@]1(C)O. The number of alkyl carbamates (subject to hydrolysis) is 1. The molecule has 2 heterocycles. The molecule has 3 N–H and O–H groups in total. The van der Waals surface area contributed by atoms with Gasteiger partial charge in [-0.2, -0.15) is 0 Å². The van der Waals surface area contributed by atoms with Crippen molar-refractivity contribution in [2.45, 2.75) is 141 Å². The predicted molar refractivity (Wildman–Crippen MR) is 208 cm³/mol. The first-order chi connectivity index (χ1) is 26.3. The highest BCUT2D eigenvalue weighted by Crippen LogP contribution is 2.39. The summed E-state index contributed by atoms with van der Waals surface area (Å²) < 4.78 is 47.7. The molecule has 15 heteroatoms. The second kappa shape index (κ2) is 20.6. The van der Waals surface area contributed by atoms with Crippen LogP contribution in [-0.2, 0) is 44.4 Å². The van der Waals surface area contributed by atoms with Gasteiger partial charge in [-0.15, -0.1) is 0 Å². The summed E-state index contributed by atoms with van der Waals surface area (Å²) in [6.07, 6.45) is -6.37. The number of cyclic esters (lactones) is 1. The van der Waals surface area contributed by atoms with E-state index >= 15 is 0 Å². The average molecular weight is 797 g/mol. The molecular weight excluding hydrogens is 728 g/mol. The minimum Gasteiger partial charge on any atom is -0.493 e. The summed E-state index contributed by atoms with van der Waals surface area (Å²) in [6.45, 7) is 12.2. The number of rotatable bonds is 12. The fraction of sp³-hybridized carbons (Fsp3) is 0.780.